The molecule has 3 heterocycles. The third-order valence-corrected chi connectivity index (χ3v) is 9.75. The van der Waals surface area contributed by atoms with Crippen LogP contribution in [0.5, 0.6) is 40.2 Å². The predicted molar refractivity (Wildman–Crippen MR) is 206 cm³/mol. The molecule has 0 saturated carbocycles. The molecular weight excluding hydrogens is 672 g/mol. The van der Waals surface area contributed by atoms with Gasteiger partial charge in [0.25, 0.3) is 0 Å². The highest BCUT2D eigenvalue weighted by Crippen LogP contribution is 2.42. The van der Waals surface area contributed by atoms with Gasteiger partial charge in [0.05, 0.1) is 49.8 Å². The first-order chi connectivity index (χ1) is 25.9. The fraction of sp³-hybridized carbons (Fsp3) is 0.333. The normalized spacial score (nSPS) is 13.3. The summed E-state index contributed by atoms with van der Waals surface area (Å²) in [7, 11) is 11.4. The van der Waals surface area contributed by atoms with E-state index in [1.54, 1.807) is 49.8 Å². The Bertz CT molecular complexity index is 1930. The van der Waals surface area contributed by atoms with E-state index >= 15 is 0 Å². The maximum absolute atomic E-state index is 5.62. The van der Waals surface area contributed by atoms with E-state index in [1.165, 1.54) is 0 Å². The second-order valence-electron chi connectivity index (χ2n) is 12.8. The van der Waals surface area contributed by atoms with Crippen LogP contribution in [0.4, 0.5) is 5.69 Å². The number of likely N-dealkylation sites (tertiary alicyclic amines) is 1. The molecule has 1 fully saturated rings. The van der Waals surface area contributed by atoms with Crippen LogP contribution in [0.25, 0.3) is 22.3 Å². The summed E-state index contributed by atoms with van der Waals surface area (Å²) in [5, 5.41) is 0. The van der Waals surface area contributed by atoms with E-state index in [4.69, 9.17) is 33.2 Å². The second kappa shape index (κ2) is 17.2. The number of rotatable bonds is 15. The lowest BCUT2D eigenvalue weighted by molar-refractivity contribution is 0.200. The molecule has 0 radical (unpaired) electrons. The summed E-state index contributed by atoms with van der Waals surface area (Å²) in [5.41, 5.74) is 7.23. The minimum Gasteiger partial charge on any atom is -0.497 e. The predicted octanol–water partition coefficient (Wildman–Crippen LogP) is 7.54. The van der Waals surface area contributed by atoms with E-state index in [2.05, 4.69) is 44.0 Å². The summed E-state index contributed by atoms with van der Waals surface area (Å²) < 4.78 is 39.0. The van der Waals surface area contributed by atoms with Crippen LogP contribution in [-0.2, 0) is 13.1 Å². The van der Waals surface area contributed by atoms with Gasteiger partial charge in [-0.15, -0.1) is 0 Å². The Morgan fingerprint density at radius 3 is 1.47 bits per heavy atom. The Balaban J connectivity index is 1.20. The number of nitrogens with zero attached hydrogens (tertiary/aromatic N) is 4. The van der Waals surface area contributed by atoms with Crippen molar-refractivity contribution in [2.75, 3.05) is 67.8 Å². The van der Waals surface area contributed by atoms with E-state index < -0.39 is 0 Å². The Morgan fingerprint density at radius 2 is 1.02 bits per heavy atom. The van der Waals surface area contributed by atoms with Crippen molar-refractivity contribution in [3.63, 3.8) is 0 Å². The van der Waals surface area contributed by atoms with Crippen molar-refractivity contribution < 1.29 is 33.2 Å². The first-order valence-corrected chi connectivity index (χ1v) is 17.5. The van der Waals surface area contributed by atoms with E-state index in [0.29, 0.717) is 47.1 Å². The molecule has 1 saturated heterocycles. The van der Waals surface area contributed by atoms with Gasteiger partial charge in [0.2, 0.25) is 11.5 Å². The molecule has 6 rings (SSSR count). The highest BCUT2D eigenvalue weighted by Gasteiger charge is 2.26. The van der Waals surface area contributed by atoms with Gasteiger partial charge in [0.15, 0.2) is 23.0 Å². The number of methoxy groups -OCH3 is 7. The highest BCUT2D eigenvalue weighted by atomic mass is 16.5. The Hall–Kier alpha value is -5.68. The Kier molecular flexibility index (Phi) is 12.1. The molecular formula is C42H48N4O7. The number of piperidine rings is 1. The molecule has 2 aromatic heterocycles. The first kappa shape index (κ1) is 37.1. The summed E-state index contributed by atoms with van der Waals surface area (Å²) in [6, 6.07) is 20.9. The smallest absolute Gasteiger partial charge is 0.203 e. The Morgan fingerprint density at radius 1 is 0.547 bits per heavy atom. The quantitative estimate of drug-likeness (QED) is 0.107. The molecule has 0 amide bonds. The van der Waals surface area contributed by atoms with Gasteiger partial charge < -0.3 is 38.1 Å². The number of benzene rings is 3. The zero-order valence-electron chi connectivity index (χ0n) is 31.5. The van der Waals surface area contributed by atoms with E-state index in [9.17, 15) is 0 Å². The van der Waals surface area contributed by atoms with Crippen LogP contribution in [0.1, 0.15) is 24.0 Å². The number of hydrogen-bond donors (Lipinski definition) is 0. The van der Waals surface area contributed by atoms with Crippen LogP contribution < -0.4 is 38.1 Å². The van der Waals surface area contributed by atoms with E-state index in [1.807, 2.05) is 61.2 Å². The molecule has 1 aliphatic rings. The van der Waals surface area contributed by atoms with Crippen molar-refractivity contribution >= 4 is 5.69 Å². The average molecular weight is 721 g/mol. The number of anilines is 1. The van der Waals surface area contributed by atoms with Gasteiger partial charge in [-0.05, 0) is 95.8 Å². The first-order valence-electron chi connectivity index (χ1n) is 17.5. The van der Waals surface area contributed by atoms with Crippen molar-refractivity contribution in [2.45, 2.75) is 32.0 Å². The van der Waals surface area contributed by atoms with E-state index in [0.717, 1.165) is 77.3 Å². The molecule has 0 bridgehead atoms. The molecule has 0 N–H and O–H groups in total. The molecule has 0 atom stereocenters. The minimum atomic E-state index is 0.327. The number of hydrogen-bond acceptors (Lipinski definition) is 11. The maximum Gasteiger partial charge on any atom is 0.203 e. The zero-order valence-corrected chi connectivity index (χ0v) is 31.5. The molecule has 0 spiro atoms. The monoisotopic (exact) mass is 720 g/mol. The van der Waals surface area contributed by atoms with Crippen molar-refractivity contribution in [1.82, 2.24) is 14.9 Å². The number of ether oxygens (including phenoxy) is 7. The van der Waals surface area contributed by atoms with Crippen LogP contribution in [0, 0.1) is 0 Å². The molecule has 11 nitrogen and oxygen atoms in total. The number of aromatic nitrogens is 2. The summed E-state index contributed by atoms with van der Waals surface area (Å²) in [6.07, 6.45) is 9.64. The van der Waals surface area contributed by atoms with Gasteiger partial charge in [-0.3, -0.25) is 14.9 Å². The molecule has 0 aliphatic carbocycles. The number of pyridine rings is 2. The summed E-state index contributed by atoms with van der Waals surface area (Å²) in [4.78, 5) is 14.3. The fourth-order valence-electron chi connectivity index (χ4n) is 7.01. The lowest BCUT2D eigenvalue weighted by Gasteiger charge is -2.40. The molecule has 53 heavy (non-hydrogen) atoms. The third kappa shape index (κ3) is 8.36. The van der Waals surface area contributed by atoms with Crippen LogP contribution in [0.3, 0.4) is 0 Å². The van der Waals surface area contributed by atoms with Crippen molar-refractivity contribution in [3.8, 4) is 62.5 Å². The van der Waals surface area contributed by atoms with Gasteiger partial charge in [-0.25, -0.2) is 0 Å². The highest BCUT2D eigenvalue weighted by molar-refractivity contribution is 5.72. The van der Waals surface area contributed by atoms with Crippen LogP contribution in [0.2, 0.25) is 0 Å². The van der Waals surface area contributed by atoms with Gasteiger partial charge >= 0.3 is 0 Å². The molecule has 0 unspecified atom stereocenters. The molecule has 5 aromatic rings. The van der Waals surface area contributed by atoms with Crippen LogP contribution in [0.15, 0.2) is 85.5 Å². The zero-order chi connectivity index (χ0) is 37.3. The molecule has 3 aromatic carbocycles. The fourth-order valence-corrected chi connectivity index (χ4v) is 7.01. The summed E-state index contributed by atoms with van der Waals surface area (Å²) in [5.74, 6) is 4.38. The summed E-state index contributed by atoms with van der Waals surface area (Å²) >= 11 is 0. The van der Waals surface area contributed by atoms with Crippen LogP contribution in [-0.4, -0.2) is 83.8 Å². The maximum atomic E-state index is 5.62. The Labute approximate surface area is 312 Å². The van der Waals surface area contributed by atoms with Crippen molar-refractivity contribution in [2.24, 2.45) is 0 Å². The topological polar surface area (TPSA) is 96.9 Å². The molecule has 11 heteroatoms. The van der Waals surface area contributed by atoms with E-state index in [-0.39, 0.29) is 0 Å². The standard InChI is InChI=1S/C42H48N4O7/c1-47-36-10-8-34(9-11-36)46(27-29-17-33(25-44-23-29)31-20-39(50-4)42(53-7)40(21-31)51-5)35-12-14-45(15-13-35)26-28-16-32(24-43-22-28)30-18-37(48-2)41(52-6)38(19-30)49-3/h8-11,16-25,35H,12-15,26-27H2,1-7H3. The lowest BCUT2D eigenvalue weighted by atomic mass is 9.99. The molecule has 1 aliphatic heterocycles. The van der Waals surface area contributed by atoms with Crippen LogP contribution >= 0.6 is 0 Å². The SMILES string of the molecule is COc1ccc(N(Cc2cncc(-c3cc(OC)c(OC)c(OC)c3)c2)C2CCN(Cc3cncc(-c4cc(OC)c(OC)c(OC)c4)c3)CC2)cc1. The average Bonchev–Trinajstić information content (AvgIpc) is 3.22. The third-order valence-electron chi connectivity index (χ3n) is 9.75. The summed E-state index contributed by atoms with van der Waals surface area (Å²) in [6.45, 7) is 3.41. The minimum absolute atomic E-state index is 0.327. The van der Waals surface area contributed by atoms with Gasteiger partial charge in [-0.1, -0.05) is 0 Å². The lowest BCUT2D eigenvalue weighted by Crippen LogP contribution is -2.44. The van der Waals surface area contributed by atoms with Gasteiger partial charge in [-0.2, -0.15) is 0 Å². The van der Waals surface area contributed by atoms with Crippen molar-refractivity contribution in [3.05, 3.63) is 96.6 Å². The molecule has 278 valence electrons. The van der Waals surface area contributed by atoms with Crippen molar-refractivity contribution in [1.29, 1.82) is 0 Å². The largest absolute Gasteiger partial charge is 0.497 e. The second-order valence-corrected chi connectivity index (χ2v) is 12.8. The van der Waals surface area contributed by atoms with Gasteiger partial charge in [0, 0.05) is 73.8 Å². The van der Waals surface area contributed by atoms with Gasteiger partial charge in [0.1, 0.15) is 5.75 Å².